The third kappa shape index (κ3) is 1.60. The minimum atomic E-state index is -4.41. The van der Waals surface area contributed by atoms with Crippen LogP contribution in [0.2, 0.25) is 0 Å². The van der Waals surface area contributed by atoms with Gasteiger partial charge < -0.3 is 10.6 Å². The molecule has 2 fully saturated rings. The molecule has 86 valence electrons. The monoisotopic (exact) mass is 222 g/mol. The van der Waals surface area contributed by atoms with E-state index in [-0.39, 0.29) is 25.4 Å². The summed E-state index contributed by atoms with van der Waals surface area (Å²) in [4.78, 5) is 12.9. The van der Waals surface area contributed by atoms with E-state index in [1.54, 1.807) is 0 Å². The number of nitrogens with two attached hydrogens (primary N) is 1. The van der Waals surface area contributed by atoms with Gasteiger partial charge in [-0.25, -0.2) is 0 Å². The number of alkyl halides is 3. The number of hydrogen-bond acceptors (Lipinski definition) is 2. The maximum Gasteiger partial charge on any atom is 0.403 e. The average molecular weight is 222 g/mol. The van der Waals surface area contributed by atoms with E-state index >= 15 is 0 Å². The summed E-state index contributed by atoms with van der Waals surface area (Å²) in [5.41, 5.74) is 3.49. The van der Waals surface area contributed by atoms with E-state index in [0.717, 1.165) is 0 Å². The fourth-order valence-electron chi connectivity index (χ4n) is 2.02. The SMILES string of the molecule is NC1CCN(C(=O)C2(C(F)(F)F)CC2)C1. The maximum atomic E-state index is 12.6. The van der Waals surface area contributed by atoms with Crippen molar-refractivity contribution < 1.29 is 18.0 Å². The lowest BCUT2D eigenvalue weighted by Gasteiger charge is -2.24. The second-order valence-corrected chi connectivity index (χ2v) is 4.38. The second-order valence-electron chi connectivity index (χ2n) is 4.38. The zero-order valence-electron chi connectivity index (χ0n) is 8.18. The minimum absolute atomic E-state index is 0.0684. The van der Waals surface area contributed by atoms with Crippen LogP contribution in [-0.2, 0) is 4.79 Å². The van der Waals surface area contributed by atoms with Crippen LogP contribution in [0.15, 0.2) is 0 Å². The van der Waals surface area contributed by atoms with Crippen molar-refractivity contribution in [3.8, 4) is 0 Å². The van der Waals surface area contributed by atoms with Gasteiger partial charge in [0.1, 0.15) is 5.41 Å². The van der Waals surface area contributed by atoms with Gasteiger partial charge in [0, 0.05) is 19.1 Å². The third-order valence-corrected chi connectivity index (χ3v) is 3.21. The van der Waals surface area contributed by atoms with Crippen LogP contribution in [0.1, 0.15) is 19.3 Å². The van der Waals surface area contributed by atoms with Crippen molar-refractivity contribution in [2.24, 2.45) is 11.1 Å². The highest BCUT2D eigenvalue weighted by molar-refractivity contribution is 5.86. The first kappa shape index (κ1) is 10.7. The lowest BCUT2D eigenvalue weighted by molar-refractivity contribution is -0.197. The van der Waals surface area contributed by atoms with Crippen LogP contribution in [0.4, 0.5) is 13.2 Å². The Bertz CT molecular complexity index is 286. The summed E-state index contributed by atoms with van der Waals surface area (Å²) in [5.74, 6) is -0.775. The zero-order valence-corrected chi connectivity index (χ0v) is 8.18. The molecule has 3 nitrogen and oxygen atoms in total. The molecule has 1 atom stereocenters. The van der Waals surface area contributed by atoms with Crippen molar-refractivity contribution in [3.05, 3.63) is 0 Å². The van der Waals surface area contributed by atoms with Crippen molar-refractivity contribution in [2.45, 2.75) is 31.5 Å². The fraction of sp³-hybridized carbons (Fsp3) is 0.889. The second kappa shape index (κ2) is 3.10. The lowest BCUT2D eigenvalue weighted by atomic mass is 10.1. The summed E-state index contributed by atoms with van der Waals surface area (Å²) in [6.45, 7) is 0.620. The van der Waals surface area contributed by atoms with Crippen LogP contribution in [0, 0.1) is 5.41 Å². The zero-order chi connectivity index (χ0) is 11.3. The Labute approximate surface area is 85.4 Å². The van der Waals surface area contributed by atoms with E-state index in [4.69, 9.17) is 5.73 Å². The summed E-state index contributed by atoms with van der Waals surface area (Å²) in [5, 5.41) is 0. The first-order valence-corrected chi connectivity index (χ1v) is 4.98. The molecule has 2 aliphatic rings. The Kier molecular flexibility index (Phi) is 2.22. The van der Waals surface area contributed by atoms with Crippen LogP contribution in [0.25, 0.3) is 0 Å². The predicted molar refractivity (Wildman–Crippen MR) is 46.9 cm³/mol. The van der Waals surface area contributed by atoms with Gasteiger partial charge in [-0.05, 0) is 19.3 Å². The van der Waals surface area contributed by atoms with E-state index < -0.39 is 17.5 Å². The Morgan fingerprint density at radius 3 is 2.33 bits per heavy atom. The van der Waals surface area contributed by atoms with Crippen LogP contribution in [0.5, 0.6) is 0 Å². The molecule has 1 amide bonds. The molecule has 15 heavy (non-hydrogen) atoms. The molecular weight excluding hydrogens is 209 g/mol. The van der Waals surface area contributed by atoms with Gasteiger partial charge in [0.05, 0.1) is 0 Å². The van der Waals surface area contributed by atoms with E-state index in [0.29, 0.717) is 13.0 Å². The van der Waals surface area contributed by atoms with Gasteiger partial charge in [0.2, 0.25) is 5.91 Å². The minimum Gasteiger partial charge on any atom is -0.340 e. The predicted octanol–water partition coefficient (Wildman–Crippen LogP) is 0.888. The highest BCUT2D eigenvalue weighted by Crippen LogP contribution is 2.58. The summed E-state index contributed by atoms with van der Waals surface area (Å²) in [6, 6.07) is -0.169. The van der Waals surface area contributed by atoms with Gasteiger partial charge in [0.15, 0.2) is 0 Å². The topological polar surface area (TPSA) is 46.3 Å². The molecule has 2 rings (SSSR count). The molecule has 1 saturated heterocycles. The lowest BCUT2D eigenvalue weighted by Crippen LogP contribution is -2.43. The van der Waals surface area contributed by atoms with E-state index in [1.165, 1.54) is 4.90 Å². The summed E-state index contributed by atoms with van der Waals surface area (Å²) >= 11 is 0. The molecule has 0 aromatic heterocycles. The molecule has 1 heterocycles. The molecule has 1 aliphatic carbocycles. The highest BCUT2D eigenvalue weighted by atomic mass is 19.4. The average Bonchev–Trinajstić information content (AvgIpc) is 2.83. The largest absolute Gasteiger partial charge is 0.403 e. The highest BCUT2D eigenvalue weighted by Gasteiger charge is 2.69. The molecule has 6 heteroatoms. The third-order valence-electron chi connectivity index (χ3n) is 3.21. The maximum absolute atomic E-state index is 12.6. The standard InChI is InChI=1S/C9H13F3N2O/c10-9(11,12)8(2-3-8)7(15)14-4-1-6(13)5-14/h6H,1-5,13H2. The summed E-state index contributed by atoms with van der Waals surface area (Å²) in [6.07, 6.45) is -3.95. The van der Waals surface area contributed by atoms with Gasteiger partial charge in [-0.2, -0.15) is 13.2 Å². The number of halogens is 3. The molecule has 1 unspecified atom stereocenters. The number of likely N-dealkylation sites (tertiary alicyclic amines) is 1. The Balaban J connectivity index is 2.09. The molecule has 0 aromatic rings. The number of nitrogens with zero attached hydrogens (tertiary/aromatic N) is 1. The van der Waals surface area contributed by atoms with Crippen LogP contribution in [0.3, 0.4) is 0 Å². The van der Waals surface area contributed by atoms with Crippen LogP contribution in [-0.4, -0.2) is 36.1 Å². The fourth-order valence-corrected chi connectivity index (χ4v) is 2.02. The van der Waals surface area contributed by atoms with Crippen molar-refractivity contribution in [2.75, 3.05) is 13.1 Å². The van der Waals surface area contributed by atoms with Gasteiger partial charge in [-0.1, -0.05) is 0 Å². The molecule has 0 aromatic carbocycles. The van der Waals surface area contributed by atoms with Gasteiger partial charge >= 0.3 is 6.18 Å². The summed E-state index contributed by atoms with van der Waals surface area (Å²) < 4.78 is 37.9. The first-order valence-electron chi connectivity index (χ1n) is 4.98. The van der Waals surface area contributed by atoms with Crippen LogP contribution >= 0.6 is 0 Å². The molecule has 0 radical (unpaired) electrons. The van der Waals surface area contributed by atoms with Crippen molar-refractivity contribution in [1.29, 1.82) is 0 Å². The number of rotatable bonds is 1. The number of hydrogen-bond donors (Lipinski definition) is 1. The molecule has 1 saturated carbocycles. The molecule has 0 bridgehead atoms. The molecular formula is C9H13F3N2O. The quantitative estimate of drug-likeness (QED) is 0.716. The van der Waals surface area contributed by atoms with E-state index in [1.807, 2.05) is 0 Å². The van der Waals surface area contributed by atoms with E-state index in [2.05, 4.69) is 0 Å². The number of amides is 1. The van der Waals surface area contributed by atoms with Crippen LogP contribution < -0.4 is 5.73 Å². The first-order chi connectivity index (χ1) is 6.87. The molecule has 1 aliphatic heterocycles. The molecule has 0 spiro atoms. The molecule has 2 N–H and O–H groups in total. The summed E-state index contributed by atoms with van der Waals surface area (Å²) in [7, 11) is 0. The van der Waals surface area contributed by atoms with Crippen molar-refractivity contribution >= 4 is 5.91 Å². The van der Waals surface area contributed by atoms with Gasteiger partial charge in [-0.15, -0.1) is 0 Å². The van der Waals surface area contributed by atoms with Crippen molar-refractivity contribution in [3.63, 3.8) is 0 Å². The smallest absolute Gasteiger partial charge is 0.340 e. The van der Waals surface area contributed by atoms with Crippen molar-refractivity contribution in [1.82, 2.24) is 4.90 Å². The number of carbonyl (C=O) groups excluding carboxylic acids is 1. The Morgan fingerprint density at radius 2 is 2.00 bits per heavy atom. The Morgan fingerprint density at radius 1 is 1.40 bits per heavy atom. The van der Waals surface area contributed by atoms with Gasteiger partial charge in [-0.3, -0.25) is 4.79 Å². The van der Waals surface area contributed by atoms with Gasteiger partial charge in [0.25, 0.3) is 0 Å². The number of carbonyl (C=O) groups is 1. The van der Waals surface area contributed by atoms with E-state index in [9.17, 15) is 18.0 Å². The normalized spacial score (nSPS) is 29.3. The Hall–Kier alpha value is -0.780.